The second kappa shape index (κ2) is 5.84. The summed E-state index contributed by atoms with van der Waals surface area (Å²) in [7, 11) is 0. The van der Waals surface area contributed by atoms with E-state index in [1.165, 1.54) is 0 Å². The Labute approximate surface area is 126 Å². The minimum Gasteiger partial charge on any atom is -0.279 e. The minimum atomic E-state index is 0.798. The molecule has 0 fully saturated rings. The van der Waals surface area contributed by atoms with Crippen molar-refractivity contribution in [3.8, 4) is 0 Å². The molecule has 20 heavy (non-hydrogen) atoms. The summed E-state index contributed by atoms with van der Waals surface area (Å²) in [4.78, 5) is 11.0. The van der Waals surface area contributed by atoms with Crippen LogP contribution < -0.4 is 4.90 Å². The molecule has 0 saturated heterocycles. The standard InChI is InChI=1S/C16H12BrN3/c17-14-9-6-11-16(19-14)20(13-7-2-1-3-8-13)15-10-4-5-12-18-15/h1-12H. The fourth-order valence-electron chi connectivity index (χ4n) is 1.97. The van der Waals surface area contributed by atoms with Crippen molar-refractivity contribution in [2.45, 2.75) is 0 Å². The first-order chi connectivity index (χ1) is 9.84. The lowest BCUT2D eigenvalue weighted by Crippen LogP contribution is -2.12. The van der Waals surface area contributed by atoms with Crippen LogP contribution in [0.5, 0.6) is 0 Å². The second-order valence-corrected chi connectivity index (χ2v) is 4.99. The van der Waals surface area contributed by atoms with E-state index in [1.54, 1.807) is 6.20 Å². The molecule has 98 valence electrons. The summed E-state index contributed by atoms with van der Waals surface area (Å²) in [6.45, 7) is 0. The molecule has 0 aliphatic rings. The van der Waals surface area contributed by atoms with E-state index in [2.05, 4.69) is 25.9 Å². The summed E-state index contributed by atoms with van der Waals surface area (Å²) < 4.78 is 0.798. The van der Waals surface area contributed by atoms with E-state index in [1.807, 2.05) is 71.6 Å². The van der Waals surface area contributed by atoms with Crippen LogP contribution in [-0.2, 0) is 0 Å². The van der Waals surface area contributed by atoms with Gasteiger partial charge in [0.1, 0.15) is 16.2 Å². The van der Waals surface area contributed by atoms with Gasteiger partial charge in [0.25, 0.3) is 0 Å². The Hall–Kier alpha value is -2.20. The van der Waals surface area contributed by atoms with Gasteiger partial charge in [-0.1, -0.05) is 30.3 Å². The van der Waals surface area contributed by atoms with Crippen molar-refractivity contribution in [2.75, 3.05) is 4.90 Å². The van der Waals surface area contributed by atoms with Crippen LogP contribution >= 0.6 is 15.9 Å². The Morgan fingerprint density at radius 1 is 0.750 bits per heavy atom. The Bertz CT molecular complexity index is 647. The maximum atomic E-state index is 4.53. The third-order valence-electron chi connectivity index (χ3n) is 2.82. The lowest BCUT2D eigenvalue weighted by atomic mass is 10.2. The molecule has 1 aromatic carbocycles. The first-order valence-electron chi connectivity index (χ1n) is 6.23. The summed E-state index contributed by atoms with van der Waals surface area (Å²) >= 11 is 3.42. The first-order valence-corrected chi connectivity index (χ1v) is 7.03. The van der Waals surface area contributed by atoms with Gasteiger partial charge in [0.15, 0.2) is 0 Å². The number of para-hydroxylation sites is 1. The van der Waals surface area contributed by atoms with Crippen LogP contribution in [0.15, 0.2) is 77.5 Å². The summed E-state index contributed by atoms with van der Waals surface area (Å²) in [6, 6.07) is 21.8. The third-order valence-corrected chi connectivity index (χ3v) is 3.26. The second-order valence-electron chi connectivity index (χ2n) is 4.18. The van der Waals surface area contributed by atoms with E-state index < -0.39 is 0 Å². The van der Waals surface area contributed by atoms with Crippen molar-refractivity contribution in [2.24, 2.45) is 0 Å². The number of halogens is 1. The van der Waals surface area contributed by atoms with Crippen molar-refractivity contribution >= 4 is 33.3 Å². The fraction of sp³-hybridized carbons (Fsp3) is 0. The normalized spacial score (nSPS) is 10.2. The number of benzene rings is 1. The highest BCUT2D eigenvalue weighted by Gasteiger charge is 2.13. The van der Waals surface area contributed by atoms with E-state index in [-0.39, 0.29) is 0 Å². The molecule has 0 saturated carbocycles. The molecular weight excluding hydrogens is 314 g/mol. The smallest absolute Gasteiger partial charge is 0.140 e. The number of rotatable bonds is 3. The first kappa shape index (κ1) is 12.8. The molecule has 0 atom stereocenters. The number of anilines is 3. The lowest BCUT2D eigenvalue weighted by Gasteiger charge is -2.22. The minimum absolute atomic E-state index is 0.798. The quantitative estimate of drug-likeness (QED) is 0.653. The van der Waals surface area contributed by atoms with Crippen molar-refractivity contribution < 1.29 is 0 Å². The van der Waals surface area contributed by atoms with Crippen molar-refractivity contribution in [1.82, 2.24) is 9.97 Å². The maximum absolute atomic E-state index is 4.53. The van der Waals surface area contributed by atoms with Crippen LogP contribution in [-0.4, -0.2) is 9.97 Å². The summed E-state index contributed by atoms with van der Waals surface area (Å²) in [6.07, 6.45) is 1.78. The van der Waals surface area contributed by atoms with Crippen LogP contribution in [0.1, 0.15) is 0 Å². The Kier molecular flexibility index (Phi) is 3.74. The summed E-state index contributed by atoms with van der Waals surface area (Å²) in [5, 5.41) is 0. The van der Waals surface area contributed by atoms with E-state index in [4.69, 9.17) is 0 Å². The van der Waals surface area contributed by atoms with Crippen molar-refractivity contribution in [1.29, 1.82) is 0 Å². The van der Waals surface area contributed by atoms with E-state index in [9.17, 15) is 0 Å². The Morgan fingerprint density at radius 2 is 1.50 bits per heavy atom. The molecule has 0 radical (unpaired) electrons. The molecule has 0 spiro atoms. The van der Waals surface area contributed by atoms with Gasteiger partial charge in [-0.25, -0.2) is 9.97 Å². The largest absolute Gasteiger partial charge is 0.279 e. The zero-order chi connectivity index (χ0) is 13.8. The lowest BCUT2D eigenvalue weighted by molar-refractivity contribution is 1.11. The van der Waals surface area contributed by atoms with Crippen LogP contribution in [0.4, 0.5) is 17.3 Å². The van der Waals surface area contributed by atoms with E-state index in [0.717, 1.165) is 21.9 Å². The number of pyridine rings is 2. The van der Waals surface area contributed by atoms with E-state index >= 15 is 0 Å². The van der Waals surface area contributed by atoms with Crippen molar-refractivity contribution in [3.05, 3.63) is 77.5 Å². The molecule has 3 nitrogen and oxygen atoms in total. The van der Waals surface area contributed by atoms with Gasteiger partial charge in [-0.2, -0.15) is 0 Å². The van der Waals surface area contributed by atoms with Gasteiger partial charge in [0.2, 0.25) is 0 Å². The van der Waals surface area contributed by atoms with Crippen LogP contribution in [0, 0.1) is 0 Å². The van der Waals surface area contributed by atoms with Gasteiger partial charge < -0.3 is 0 Å². The Morgan fingerprint density at radius 3 is 2.20 bits per heavy atom. The molecular formula is C16H12BrN3. The predicted molar refractivity (Wildman–Crippen MR) is 84.4 cm³/mol. The maximum Gasteiger partial charge on any atom is 0.140 e. The molecule has 2 aromatic heterocycles. The molecule has 0 aliphatic heterocycles. The molecule has 2 heterocycles. The zero-order valence-electron chi connectivity index (χ0n) is 10.6. The Balaban J connectivity index is 2.14. The molecule has 0 unspecified atom stereocenters. The SMILES string of the molecule is Brc1cccc(N(c2ccccc2)c2ccccn2)n1. The van der Waals surface area contributed by atoms with Crippen LogP contribution in [0.2, 0.25) is 0 Å². The molecule has 0 bridgehead atoms. The fourth-order valence-corrected chi connectivity index (χ4v) is 2.30. The molecule has 3 aromatic rings. The third kappa shape index (κ3) is 2.70. The van der Waals surface area contributed by atoms with Crippen LogP contribution in [0.3, 0.4) is 0 Å². The van der Waals surface area contributed by atoms with Gasteiger partial charge in [-0.05, 0) is 52.3 Å². The van der Waals surface area contributed by atoms with Gasteiger partial charge >= 0.3 is 0 Å². The predicted octanol–water partition coefficient (Wildman–Crippen LogP) is 4.71. The monoisotopic (exact) mass is 325 g/mol. The van der Waals surface area contributed by atoms with Crippen molar-refractivity contribution in [3.63, 3.8) is 0 Å². The average Bonchev–Trinajstić information content (AvgIpc) is 2.50. The molecule has 3 rings (SSSR count). The number of hydrogen-bond donors (Lipinski definition) is 0. The highest BCUT2D eigenvalue weighted by molar-refractivity contribution is 9.10. The summed E-state index contributed by atoms with van der Waals surface area (Å²) in [5.41, 5.74) is 1.02. The number of nitrogens with zero attached hydrogens (tertiary/aromatic N) is 3. The molecule has 0 amide bonds. The van der Waals surface area contributed by atoms with Gasteiger partial charge in [-0.3, -0.25) is 4.90 Å². The van der Waals surface area contributed by atoms with E-state index in [0.29, 0.717) is 0 Å². The van der Waals surface area contributed by atoms with Gasteiger partial charge in [0, 0.05) is 11.9 Å². The zero-order valence-corrected chi connectivity index (χ0v) is 12.2. The van der Waals surface area contributed by atoms with Crippen LogP contribution in [0.25, 0.3) is 0 Å². The number of hydrogen-bond acceptors (Lipinski definition) is 3. The molecule has 0 aliphatic carbocycles. The molecule has 4 heteroatoms. The average molecular weight is 326 g/mol. The molecule has 0 N–H and O–H groups in total. The topological polar surface area (TPSA) is 29.0 Å². The number of aromatic nitrogens is 2. The highest BCUT2D eigenvalue weighted by Crippen LogP contribution is 2.31. The highest BCUT2D eigenvalue weighted by atomic mass is 79.9. The summed E-state index contributed by atoms with van der Waals surface area (Å²) in [5.74, 6) is 1.66. The van der Waals surface area contributed by atoms with Gasteiger partial charge in [-0.15, -0.1) is 0 Å². The van der Waals surface area contributed by atoms with Gasteiger partial charge in [0.05, 0.1) is 0 Å².